The first kappa shape index (κ1) is 27.4. The second kappa shape index (κ2) is 9.81. The predicted octanol–water partition coefficient (Wildman–Crippen LogP) is 4.53. The number of piperidine rings is 1. The second-order valence-corrected chi connectivity index (χ2v) is 14.5. The molecule has 0 radical (unpaired) electrons. The third kappa shape index (κ3) is 4.19. The molecule has 2 saturated heterocycles. The van der Waals surface area contributed by atoms with E-state index in [-0.39, 0.29) is 46.4 Å². The molecule has 3 saturated carbocycles. The number of rotatable bonds is 4. The quantitative estimate of drug-likeness (QED) is 0.567. The van der Waals surface area contributed by atoms with Crippen LogP contribution in [0, 0.1) is 40.4 Å². The molecule has 2 amide bonds. The molecular weight excluding hydrogens is 488 g/mol. The average Bonchev–Trinajstić information content (AvgIpc) is 3.52. The fraction of sp³-hybridized carbons (Fsp3) is 0.897. The molecule has 0 aromatic carbocycles. The van der Waals surface area contributed by atoms with Crippen LogP contribution in [-0.4, -0.2) is 72.6 Å². The van der Waals surface area contributed by atoms with Crippen molar-refractivity contribution in [2.45, 2.75) is 89.6 Å². The van der Waals surface area contributed by atoms with E-state index in [2.05, 4.69) is 31.0 Å². The van der Waals surface area contributed by atoms with E-state index >= 15 is 0 Å². The van der Waals surface area contributed by atoms with Gasteiger partial charge in [0.05, 0.1) is 16.8 Å². The zero-order valence-corrected chi connectivity index (χ0v) is 24.3. The molecule has 2 aliphatic heterocycles. The lowest BCUT2D eigenvalue weighted by Gasteiger charge is -2.66. The Morgan fingerprint density at radius 3 is 2.49 bits per heavy atom. The molecule has 37 heavy (non-hydrogen) atoms. The molecule has 7 nitrogen and oxygen atoms in total. The van der Waals surface area contributed by atoms with E-state index in [1.165, 1.54) is 0 Å². The zero-order valence-electron chi connectivity index (χ0n) is 23.5. The van der Waals surface area contributed by atoms with Gasteiger partial charge in [-0.1, -0.05) is 27.2 Å². The van der Waals surface area contributed by atoms with E-state index in [0.29, 0.717) is 18.3 Å². The van der Waals surface area contributed by atoms with Crippen LogP contribution in [0.25, 0.3) is 0 Å². The molecule has 0 aromatic heterocycles. The summed E-state index contributed by atoms with van der Waals surface area (Å²) in [5, 5.41) is 2.61. The van der Waals surface area contributed by atoms with Gasteiger partial charge >= 0.3 is 6.09 Å². The number of nitrogens with zero attached hydrogens (tertiary/aromatic N) is 1. The lowest BCUT2D eigenvalue weighted by atomic mass is 9.40. The third-order valence-electron chi connectivity index (χ3n) is 11.8. The summed E-state index contributed by atoms with van der Waals surface area (Å²) in [6.07, 6.45) is 7.34. The van der Waals surface area contributed by atoms with E-state index < -0.39 is 16.9 Å². The Morgan fingerprint density at radius 1 is 1.11 bits per heavy atom. The molecule has 208 valence electrons. The van der Waals surface area contributed by atoms with E-state index in [1.54, 1.807) is 18.9 Å². The first-order valence-electron chi connectivity index (χ1n) is 14.4. The SMILES string of the molecule is CO[C@@H]1CCCC23CC[C@@H](C)[C@](C)(C12)[C@H](OC(=O)NC(=O)[C@H]1CN2CCC1C2)C[C@@](C)(SC)C(=O)[C@@H]3C. The van der Waals surface area contributed by atoms with Gasteiger partial charge in [0.25, 0.3) is 0 Å². The molecule has 11 atom stereocenters. The van der Waals surface area contributed by atoms with Crippen molar-refractivity contribution in [1.29, 1.82) is 0 Å². The first-order valence-corrected chi connectivity index (χ1v) is 15.6. The summed E-state index contributed by atoms with van der Waals surface area (Å²) in [7, 11) is 1.79. The fourth-order valence-electron chi connectivity index (χ4n) is 9.38. The van der Waals surface area contributed by atoms with Crippen molar-refractivity contribution in [1.82, 2.24) is 10.2 Å². The molecule has 4 bridgehead atoms. The normalized spacial score (nSPS) is 49.1. The molecule has 8 heteroatoms. The maximum absolute atomic E-state index is 14.2. The first-order chi connectivity index (χ1) is 17.5. The van der Waals surface area contributed by atoms with Crippen LogP contribution in [0.3, 0.4) is 0 Å². The van der Waals surface area contributed by atoms with Gasteiger partial charge in [-0.2, -0.15) is 11.8 Å². The van der Waals surface area contributed by atoms with Crippen LogP contribution in [0.5, 0.6) is 0 Å². The molecule has 5 fully saturated rings. The highest BCUT2D eigenvalue weighted by atomic mass is 32.2. The molecule has 5 rings (SSSR count). The van der Waals surface area contributed by atoms with Crippen molar-refractivity contribution in [2.75, 3.05) is 33.0 Å². The van der Waals surface area contributed by atoms with E-state index in [1.807, 2.05) is 13.2 Å². The maximum atomic E-state index is 14.2. The van der Waals surface area contributed by atoms with Crippen molar-refractivity contribution in [3.63, 3.8) is 0 Å². The van der Waals surface area contributed by atoms with Crippen LogP contribution in [0.4, 0.5) is 4.79 Å². The monoisotopic (exact) mass is 534 g/mol. The highest BCUT2D eigenvalue weighted by Crippen LogP contribution is 2.67. The Labute approximate surface area is 226 Å². The van der Waals surface area contributed by atoms with Crippen LogP contribution >= 0.6 is 11.8 Å². The molecular formula is C29H46N2O5S. The second-order valence-electron chi connectivity index (χ2n) is 13.2. The number of amides is 2. The Kier molecular flexibility index (Phi) is 7.28. The summed E-state index contributed by atoms with van der Waals surface area (Å²) < 4.78 is 11.8. The van der Waals surface area contributed by atoms with Crippen molar-refractivity contribution in [3.8, 4) is 0 Å². The molecule has 2 heterocycles. The minimum absolute atomic E-state index is 0.0225. The van der Waals surface area contributed by atoms with Crippen molar-refractivity contribution >= 4 is 29.5 Å². The smallest absolute Gasteiger partial charge is 0.414 e. The summed E-state index contributed by atoms with van der Waals surface area (Å²) in [5.74, 6) is 0.548. The minimum atomic E-state index is -0.664. The minimum Gasteiger partial charge on any atom is -0.445 e. The van der Waals surface area contributed by atoms with Crippen molar-refractivity contribution in [3.05, 3.63) is 0 Å². The van der Waals surface area contributed by atoms with Gasteiger partial charge in [-0.25, -0.2) is 4.79 Å². The van der Waals surface area contributed by atoms with E-state index in [4.69, 9.17) is 9.47 Å². The van der Waals surface area contributed by atoms with Crippen molar-refractivity contribution in [2.24, 2.45) is 40.4 Å². The Morgan fingerprint density at radius 2 is 1.86 bits per heavy atom. The lowest BCUT2D eigenvalue weighted by Crippen LogP contribution is -2.67. The number of carbonyl (C=O) groups is 3. The van der Waals surface area contributed by atoms with Crippen LogP contribution in [-0.2, 0) is 19.1 Å². The van der Waals surface area contributed by atoms with Gasteiger partial charge in [0.1, 0.15) is 6.10 Å². The summed E-state index contributed by atoms with van der Waals surface area (Å²) in [5.41, 5.74) is -0.538. The lowest BCUT2D eigenvalue weighted by molar-refractivity contribution is -0.217. The number of nitrogens with one attached hydrogen (secondary N) is 1. The van der Waals surface area contributed by atoms with Gasteiger partial charge in [-0.15, -0.1) is 0 Å². The number of alkyl carbamates (subject to hydrolysis) is 1. The van der Waals surface area contributed by atoms with Crippen LogP contribution in [0.15, 0.2) is 0 Å². The molecule has 5 aliphatic rings. The van der Waals surface area contributed by atoms with Gasteiger partial charge in [0.2, 0.25) is 5.91 Å². The number of Topliss-reactive ketones (excluding diaryl/α,β-unsaturated/α-hetero) is 1. The van der Waals surface area contributed by atoms with Gasteiger partial charge in [-0.05, 0) is 69.1 Å². The summed E-state index contributed by atoms with van der Waals surface area (Å²) in [4.78, 5) is 42.9. The number of imide groups is 1. The number of ketones is 1. The summed E-state index contributed by atoms with van der Waals surface area (Å²) >= 11 is 1.57. The number of fused-ring (bicyclic) bond motifs is 2. The van der Waals surface area contributed by atoms with Gasteiger partial charge < -0.3 is 14.4 Å². The zero-order chi connectivity index (χ0) is 26.8. The number of carbonyl (C=O) groups excluding carboxylic acids is 3. The maximum Gasteiger partial charge on any atom is 0.414 e. The number of thioether (sulfide) groups is 1. The third-order valence-corrected chi connectivity index (χ3v) is 13.1. The number of methoxy groups -OCH3 is 1. The fourth-order valence-corrected chi connectivity index (χ4v) is 10.1. The van der Waals surface area contributed by atoms with Crippen LogP contribution in [0.2, 0.25) is 0 Å². The van der Waals surface area contributed by atoms with E-state index in [0.717, 1.165) is 58.2 Å². The Bertz CT molecular complexity index is 945. The van der Waals surface area contributed by atoms with E-state index in [9.17, 15) is 14.4 Å². The highest BCUT2D eigenvalue weighted by molar-refractivity contribution is 8.00. The molecule has 0 spiro atoms. The van der Waals surface area contributed by atoms with Crippen molar-refractivity contribution < 1.29 is 23.9 Å². The highest BCUT2D eigenvalue weighted by Gasteiger charge is 2.67. The average molecular weight is 535 g/mol. The predicted molar refractivity (Wildman–Crippen MR) is 144 cm³/mol. The topological polar surface area (TPSA) is 84.9 Å². The number of hydrogen-bond donors (Lipinski definition) is 1. The number of ether oxygens (including phenoxy) is 2. The summed E-state index contributed by atoms with van der Waals surface area (Å²) in [6, 6.07) is 0. The van der Waals surface area contributed by atoms with Gasteiger partial charge in [0, 0.05) is 43.9 Å². The standard InChI is InChI=1S/C29H46N2O5S/c1-17-9-12-29-11-7-8-21(35-5)23(29)28(17,4)22(14-27(3,37-6)24(32)18(29)2)36-26(34)30-25(33)20-16-31-13-10-19(20)15-31/h17-23H,7-16H2,1-6H3,(H,30,33,34)/t17-,18+,19?,20+,21-,22-,23?,27-,28+,29?/m1/s1. The number of hydrogen-bond acceptors (Lipinski definition) is 7. The molecule has 4 unspecified atom stereocenters. The Hall–Kier alpha value is -1.12. The molecule has 0 aromatic rings. The Balaban J connectivity index is 1.49. The largest absolute Gasteiger partial charge is 0.445 e. The van der Waals surface area contributed by atoms with Crippen LogP contribution in [0.1, 0.15) is 72.6 Å². The summed E-state index contributed by atoms with van der Waals surface area (Å²) in [6.45, 7) is 11.4. The molecule has 1 N–H and O–H groups in total. The van der Waals surface area contributed by atoms with Crippen LogP contribution < -0.4 is 5.32 Å². The van der Waals surface area contributed by atoms with Gasteiger partial charge in [-0.3, -0.25) is 14.9 Å². The molecule has 3 aliphatic carbocycles. The van der Waals surface area contributed by atoms with Gasteiger partial charge in [0.15, 0.2) is 5.78 Å².